The molecule has 2 saturated carbocycles. The van der Waals surface area contributed by atoms with E-state index in [1.807, 2.05) is 6.07 Å². The Morgan fingerprint density at radius 2 is 1.87 bits per heavy atom. The highest BCUT2D eigenvalue weighted by Gasteiger charge is 2.62. The average Bonchev–Trinajstić information content (AvgIpc) is 4.02. The van der Waals surface area contributed by atoms with Crippen LogP contribution in [-0.4, -0.2) is 96.1 Å². The van der Waals surface area contributed by atoms with Crippen molar-refractivity contribution in [3.8, 4) is 11.6 Å². The first-order valence-electron chi connectivity index (χ1n) is 17.5. The number of alkyl carbamates (subject to hydrolysis) is 1. The molecule has 2 heterocycles. The number of fused-ring (bicyclic) bond motifs is 1. The summed E-state index contributed by atoms with van der Waals surface area (Å²) >= 11 is 0. The molecule has 1 aliphatic heterocycles. The topological polar surface area (TPSA) is 199 Å². The first-order chi connectivity index (χ1) is 24.9. The summed E-state index contributed by atoms with van der Waals surface area (Å²) in [5.74, 6) is -2.33. The van der Waals surface area contributed by atoms with Crippen LogP contribution >= 0.6 is 0 Å². The normalized spacial score (nSPS) is 23.0. The first kappa shape index (κ1) is 39.2. The highest BCUT2D eigenvalue weighted by Crippen LogP contribution is 2.45. The lowest BCUT2D eigenvalue weighted by Gasteiger charge is -2.30. The fraction of sp³-hybridized carbons (Fsp3) is 0.514. The van der Waals surface area contributed by atoms with Gasteiger partial charge in [0.1, 0.15) is 35.1 Å². The van der Waals surface area contributed by atoms with E-state index < -0.39 is 74.3 Å². The summed E-state index contributed by atoms with van der Waals surface area (Å²) in [6.07, 6.45) is 1.99. The molecule has 3 fully saturated rings. The number of nitrogens with one attached hydrogen (secondary N) is 3. The molecule has 53 heavy (non-hydrogen) atoms. The molecular formula is C37H47N5O10S. The van der Waals surface area contributed by atoms with Crippen molar-refractivity contribution in [1.82, 2.24) is 25.2 Å². The van der Waals surface area contributed by atoms with Gasteiger partial charge in [0.05, 0.1) is 18.9 Å². The van der Waals surface area contributed by atoms with Crippen molar-refractivity contribution in [3.05, 3.63) is 55.3 Å². The van der Waals surface area contributed by atoms with E-state index in [1.165, 1.54) is 17.9 Å². The third-order valence-electron chi connectivity index (χ3n) is 9.44. The van der Waals surface area contributed by atoms with Crippen LogP contribution in [0.2, 0.25) is 0 Å². The maximum Gasteiger partial charge on any atom is 0.408 e. The molecule has 286 valence electrons. The van der Waals surface area contributed by atoms with Gasteiger partial charge in [-0.2, -0.15) is 0 Å². The van der Waals surface area contributed by atoms with Crippen molar-refractivity contribution in [2.75, 3.05) is 13.7 Å². The summed E-state index contributed by atoms with van der Waals surface area (Å²) in [4.78, 5) is 73.2. The van der Waals surface area contributed by atoms with Crippen molar-refractivity contribution < 1.29 is 46.6 Å². The predicted molar refractivity (Wildman–Crippen MR) is 194 cm³/mol. The van der Waals surface area contributed by atoms with E-state index in [1.54, 1.807) is 52.3 Å². The molecule has 4 amide bonds. The van der Waals surface area contributed by atoms with E-state index in [4.69, 9.17) is 14.2 Å². The lowest BCUT2D eigenvalue weighted by atomic mass is 10.0. The number of Topliss-reactive ketones (excluding diaryl/α,β-unsaturated/α-hetero) is 1. The smallest absolute Gasteiger partial charge is 0.408 e. The fourth-order valence-electron chi connectivity index (χ4n) is 6.30. The van der Waals surface area contributed by atoms with E-state index >= 15 is 0 Å². The summed E-state index contributed by atoms with van der Waals surface area (Å²) in [6.45, 7) is 13.8. The first-order valence-corrected chi connectivity index (χ1v) is 19.0. The molecule has 1 aromatic carbocycles. The number of allylic oxidation sites excluding steroid dienone is 1. The van der Waals surface area contributed by atoms with Crippen molar-refractivity contribution in [1.29, 1.82) is 0 Å². The van der Waals surface area contributed by atoms with Gasteiger partial charge in [0.25, 0.3) is 5.91 Å². The second kappa shape index (κ2) is 15.2. The van der Waals surface area contributed by atoms with Crippen LogP contribution in [0.15, 0.2) is 55.3 Å². The molecule has 2 aliphatic carbocycles. The SMILES string of the molecule is C=CC1CC1(NC(=O)C1CC(Oc2nccc3cc(OC)ccc23)CN1C(=O)C(CCC(=O)C(=C)C)NC(=O)OC(C)(C)C)C(=O)NS(=O)(=O)C1CC1. The molecule has 16 heteroatoms. The number of ketones is 1. The van der Waals surface area contributed by atoms with Crippen LogP contribution in [0.5, 0.6) is 11.6 Å². The third kappa shape index (κ3) is 9.15. The lowest BCUT2D eigenvalue weighted by molar-refractivity contribution is -0.141. The number of hydrogen-bond acceptors (Lipinski definition) is 11. The summed E-state index contributed by atoms with van der Waals surface area (Å²) in [7, 11) is -2.38. The second-order valence-electron chi connectivity index (χ2n) is 14.8. The number of carbonyl (C=O) groups is 5. The van der Waals surface area contributed by atoms with E-state index in [2.05, 4.69) is 33.5 Å². The average molecular weight is 754 g/mol. The largest absolute Gasteiger partial charge is 0.497 e. The Bertz CT molecular complexity index is 1940. The Labute approximate surface area is 308 Å². The number of benzene rings is 1. The number of ether oxygens (including phenoxy) is 3. The molecule has 15 nitrogen and oxygen atoms in total. The Balaban J connectivity index is 1.45. The number of aromatic nitrogens is 1. The molecule has 5 rings (SSSR count). The molecule has 3 N–H and O–H groups in total. The van der Waals surface area contributed by atoms with Gasteiger partial charge < -0.3 is 29.7 Å². The predicted octanol–water partition coefficient (Wildman–Crippen LogP) is 3.08. The van der Waals surface area contributed by atoms with E-state index in [9.17, 15) is 32.4 Å². The van der Waals surface area contributed by atoms with Crippen molar-refractivity contribution in [2.45, 2.75) is 101 Å². The number of sulfonamides is 1. The third-order valence-corrected chi connectivity index (χ3v) is 11.3. The van der Waals surface area contributed by atoms with Crippen LogP contribution in [-0.2, 0) is 33.9 Å². The lowest BCUT2D eigenvalue weighted by Crippen LogP contribution is -2.58. The van der Waals surface area contributed by atoms with Gasteiger partial charge in [0.15, 0.2) is 5.78 Å². The number of carbonyl (C=O) groups excluding carboxylic acids is 5. The maximum atomic E-state index is 14.4. The van der Waals surface area contributed by atoms with E-state index in [0.29, 0.717) is 24.0 Å². The Kier molecular flexibility index (Phi) is 11.2. The molecule has 1 aromatic heterocycles. The second-order valence-corrected chi connectivity index (χ2v) is 16.8. The highest BCUT2D eigenvalue weighted by atomic mass is 32.2. The van der Waals surface area contributed by atoms with E-state index in [-0.39, 0.29) is 49.5 Å². The zero-order chi connectivity index (χ0) is 38.9. The van der Waals surface area contributed by atoms with Gasteiger partial charge in [-0.15, -0.1) is 6.58 Å². The van der Waals surface area contributed by atoms with Gasteiger partial charge in [0.2, 0.25) is 27.7 Å². The summed E-state index contributed by atoms with van der Waals surface area (Å²) in [6, 6.07) is 4.58. The molecule has 3 aliphatic rings. The number of rotatable bonds is 15. The highest BCUT2D eigenvalue weighted by molar-refractivity contribution is 7.91. The summed E-state index contributed by atoms with van der Waals surface area (Å²) in [5.41, 5.74) is -2.23. The van der Waals surface area contributed by atoms with Crippen LogP contribution in [0.25, 0.3) is 10.8 Å². The van der Waals surface area contributed by atoms with Crippen LogP contribution in [0.4, 0.5) is 4.79 Å². The fourth-order valence-corrected chi connectivity index (χ4v) is 7.66. The van der Waals surface area contributed by atoms with Crippen molar-refractivity contribution >= 4 is 50.4 Å². The monoisotopic (exact) mass is 753 g/mol. The standard InChI is InChI=1S/C37H47N5O10S/c1-8-23-19-37(23,34(46)41-53(48,49)26-10-11-26)40-31(44)29-18-25(51-32-27-12-9-24(50-7)17-22(27)15-16-38-32)20-42(29)33(45)28(13-14-30(43)21(2)3)39-35(47)52-36(4,5)6/h8-9,12,15-17,23,25-26,28-29H,1-2,10-11,13-14,18-20H2,3-7H3,(H,39,47)(H,40,44)(H,41,46). The van der Waals surface area contributed by atoms with Gasteiger partial charge in [-0.25, -0.2) is 18.2 Å². The molecule has 0 radical (unpaired) electrons. The molecule has 2 aromatic rings. The van der Waals surface area contributed by atoms with Gasteiger partial charge in [-0.05, 0) is 88.6 Å². The van der Waals surface area contributed by atoms with Crippen LogP contribution in [0, 0.1) is 5.92 Å². The summed E-state index contributed by atoms with van der Waals surface area (Å²) in [5, 5.41) is 6.06. The zero-order valence-corrected chi connectivity index (χ0v) is 31.4. The minimum atomic E-state index is -3.93. The molecule has 0 spiro atoms. The van der Waals surface area contributed by atoms with Crippen LogP contribution in [0.1, 0.15) is 66.2 Å². The van der Waals surface area contributed by atoms with Gasteiger partial charge >= 0.3 is 6.09 Å². The minimum absolute atomic E-state index is 0.0491. The number of methoxy groups -OCH3 is 1. The molecule has 5 atom stereocenters. The number of likely N-dealkylation sites (tertiary alicyclic amines) is 1. The Hall–Kier alpha value is -4.99. The Morgan fingerprint density at radius 1 is 1.15 bits per heavy atom. The summed E-state index contributed by atoms with van der Waals surface area (Å²) < 4.78 is 44.6. The molecule has 0 bridgehead atoms. The molecular weight excluding hydrogens is 706 g/mol. The van der Waals surface area contributed by atoms with Crippen molar-refractivity contribution in [3.63, 3.8) is 0 Å². The minimum Gasteiger partial charge on any atom is -0.497 e. The molecule has 1 saturated heterocycles. The quantitative estimate of drug-likeness (QED) is 0.178. The number of hydrogen-bond donors (Lipinski definition) is 3. The molecule has 5 unspecified atom stereocenters. The van der Waals surface area contributed by atoms with Crippen LogP contribution in [0.3, 0.4) is 0 Å². The zero-order valence-electron chi connectivity index (χ0n) is 30.6. The Morgan fingerprint density at radius 3 is 2.47 bits per heavy atom. The van der Waals surface area contributed by atoms with Gasteiger partial charge in [0, 0.05) is 30.3 Å². The number of nitrogens with zero attached hydrogens (tertiary/aromatic N) is 2. The van der Waals surface area contributed by atoms with Crippen molar-refractivity contribution in [2.24, 2.45) is 5.92 Å². The number of amides is 4. The maximum absolute atomic E-state index is 14.4. The van der Waals surface area contributed by atoms with E-state index in [0.717, 1.165) is 5.39 Å². The van der Waals surface area contributed by atoms with Crippen LogP contribution < -0.4 is 24.8 Å². The number of pyridine rings is 1. The van der Waals surface area contributed by atoms with Gasteiger partial charge in [-0.1, -0.05) is 12.7 Å². The van der Waals surface area contributed by atoms with Gasteiger partial charge in [-0.3, -0.25) is 23.9 Å².